The van der Waals surface area contributed by atoms with Crippen molar-refractivity contribution >= 4 is 38.7 Å². The molecule has 1 fully saturated rings. The molecule has 0 saturated carbocycles. The van der Waals surface area contributed by atoms with Crippen molar-refractivity contribution < 1.29 is 4.79 Å². The van der Waals surface area contributed by atoms with E-state index in [1.54, 1.807) is 11.3 Å². The summed E-state index contributed by atoms with van der Waals surface area (Å²) in [6, 6.07) is 15.9. The van der Waals surface area contributed by atoms with E-state index in [2.05, 4.69) is 49.9 Å². The SMILES string of the molecule is [C-]#[N+]c1ccc(Cn2cncc2CNc2ccc3sc(C(=O)N4CCN(C)CC4)cc3c2)cc1. The maximum absolute atomic E-state index is 12.9. The van der Waals surface area contributed by atoms with Crippen molar-refractivity contribution in [1.82, 2.24) is 19.4 Å². The first-order valence-electron chi connectivity index (χ1n) is 11.3. The van der Waals surface area contributed by atoms with Gasteiger partial charge in [0, 0.05) is 49.3 Å². The smallest absolute Gasteiger partial charge is 0.264 e. The van der Waals surface area contributed by atoms with Gasteiger partial charge in [-0.25, -0.2) is 9.83 Å². The zero-order valence-corrected chi connectivity index (χ0v) is 19.9. The van der Waals surface area contributed by atoms with Crippen LogP contribution >= 0.6 is 11.3 Å². The fourth-order valence-electron chi connectivity index (χ4n) is 4.13. The van der Waals surface area contributed by atoms with Crippen molar-refractivity contribution in [3.05, 3.63) is 88.6 Å². The number of nitrogens with one attached hydrogen (secondary N) is 1. The van der Waals surface area contributed by atoms with Crippen LogP contribution in [0.3, 0.4) is 0 Å². The number of carbonyl (C=O) groups is 1. The Morgan fingerprint density at radius 3 is 2.68 bits per heavy atom. The Labute approximate surface area is 203 Å². The normalized spacial score (nSPS) is 14.3. The Bertz CT molecular complexity index is 1340. The highest BCUT2D eigenvalue weighted by molar-refractivity contribution is 7.20. The van der Waals surface area contributed by atoms with Crippen LogP contribution in [0, 0.1) is 6.57 Å². The zero-order valence-electron chi connectivity index (χ0n) is 19.1. The predicted octanol–water partition coefficient (Wildman–Crippen LogP) is 4.70. The number of rotatable bonds is 6. The van der Waals surface area contributed by atoms with Crippen molar-refractivity contribution in [2.45, 2.75) is 13.1 Å². The topological polar surface area (TPSA) is 57.8 Å². The molecule has 3 heterocycles. The highest BCUT2D eigenvalue weighted by Crippen LogP contribution is 2.29. The van der Waals surface area contributed by atoms with Gasteiger partial charge in [-0.3, -0.25) is 4.79 Å². The van der Waals surface area contributed by atoms with E-state index in [1.807, 2.05) is 47.8 Å². The van der Waals surface area contributed by atoms with Crippen LogP contribution in [0.25, 0.3) is 14.9 Å². The van der Waals surface area contributed by atoms with Crippen LogP contribution in [0.5, 0.6) is 0 Å². The van der Waals surface area contributed by atoms with Gasteiger partial charge >= 0.3 is 0 Å². The summed E-state index contributed by atoms with van der Waals surface area (Å²) in [5.41, 5.74) is 3.86. The van der Waals surface area contributed by atoms with Crippen LogP contribution in [-0.4, -0.2) is 58.5 Å². The molecule has 172 valence electrons. The second-order valence-electron chi connectivity index (χ2n) is 8.60. The molecule has 0 atom stereocenters. The number of amides is 1. The monoisotopic (exact) mass is 470 g/mol. The fraction of sp³-hybridized carbons (Fsp3) is 0.269. The zero-order chi connectivity index (χ0) is 23.5. The predicted molar refractivity (Wildman–Crippen MR) is 137 cm³/mol. The summed E-state index contributed by atoms with van der Waals surface area (Å²) in [5, 5.41) is 4.58. The molecule has 1 saturated heterocycles. The minimum absolute atomic E-state index is 0.136. The summed E-state index contributed by atoms with van der Waals surface area (Å²) in [6.45, 7) is 11.9. The van der Waals surface area contributed by atoms with Crippen LogP contribution in [0.1, 0.15) is 20.9 Å². The lowest BCUT2D eigenvalue weighted by molar-refractivity contribution is 0.0669. The molecule has 1 aliphatic rings. The number of carbonyl (C=O) groups excluding carboxylic acids is 1. The highest BCUT2D eigenvalue weighted by atomic mass is 32.1. The van der Waals surface area contributed by atoms with E-state index < -0.39 is 0 Å². The quantitative estimate of drug-likeness (QED) is 0.415. The Morgan fingerprint density at radius 1 is 1.12 bits per heavy atom. The summed E-state index contributed by atoms with van der Waals surface area (Å²) in [6.07, 6.45) is 3.70. The largest absolute Gasteiger partial charge is 0.379 e. The number of nitrogens with zero attached hydrogens (tertiary/aromatic N) is 5. The molecule has 0 spiro atoms. The summed E-state index contributed by atoms with van der Waals surface area (Å²) >= 11 is 1.57. The van der Waals surface area contributed by atoms with E-state index in [-0.39, 0.29) is 5.91 Å². The number of hydrogen-bond donors (Lipinski definition) is 1. The standard InChI is InChI=1S/C26H26N6OS/c1-27-21-5-3-19(4-6-21)17-32-18-28-15-23(32)16-29-22-7-8-24-20(13-22)14-25(34-24)26(33)31-11-9-30(2)10-12-31/h3-8,13-15,18,29H,9-12,16-17H2,2H3. The van der Waals surface area contributed by atoms with Gasteiger partial charge in [-0.2, -0.15) is 0 Å². The summed E-state index contributed by atoms with van der Waals surface area (Å²) in [5.74, 6) is 0.136. The number of fused-ring (bicyclic) bond motifs is 1. The Balaban J connectivity index is 1.25. The van der Waals surface area contributed by atoms with Crippen molar-refractivity contribution in [2.24, 2.45) is 0 Å². The molecule has 1 amide bonds. The first-order valence-corrected chi connectivity index (χ1v) is 12.1. The molecular formula is C26H26N6OS. The molecule has 0 unspecified atom stereocenters. The molecule has 34 heavy (non-hydrogen) atoms. The number of piperazine rings is 1. The minimum atomic E-state index is 0.136. The van der Waals surface area contributed by atoms with Gasteiger partial charge in [0.05, 0.1) is 30.0 Å². The average molecular weight is 471 g/mol. The van der Waals surface area contributed by atoms with Gasteiger partial charge in [-0.15, -0.1) is 11.3 Å². The van der Waals surface area contributed by atoms with Crippen LogP contribution < -0.4 is 5.32 Å². The van der Waals surface area contributed by atoms with E-state index in [1.165, 1.54) is 0 Å². The molecule has 1 aliphatic heterocycles. The summed E-state index contributed by atoms with van der Waals surface area (Å²) in [4.78, 5) is 25.7. The van der Waals surface area contributed by atoms with E-state index in [0.717, 1.165) is 58.1 Å². The lowest BCUT2D eigenvalue weighted by atomic mass is 10.2. The summed E-state index contributed by atoms with van der Waals surface area (Å²) < 4.78 is 3.23. The Hall–Kier alpha value is -3.67. The van der Waals surface area contributed by atoms with Crippen molar-refractivity contribution in [3.8, 4) is 0 Å². The third-order valence-corrected chi connectivity index (χ3v) is 7.31. The first kappa shape index (κ1) is 22.1. The van der Waals surface area contributed by atoms with E-state index in [9.17, 15) is 4.79 Å². The van der Waals surface area contributed by atoms with E-state index >= 15 is 0 Å². The number of thiophene rings is 1. The molecule has 0 radical (unpaired) electrons. The lowest BCUT2D eigenvalue weighted by Crippen LogP contribution is -2.46. The van der Waals surface area contributed by atoms with Crippen molar-refractivity contribution in [1.29, 1.82) is 0 Å². The van der Waals surface area contributed by atoms with Crippen LogP contribution in [-0.2, 0) is 13.1 Å². The van der Waals surface area contributed by atoms with E-state index in [4.69, 9.17) is 6.57 Å². The molecule has 1 N–H and O–H groups in total. The molecule has 8 heteroatoms. The highest BCUT2D eigenvalue weighted by Gasteiger charge is 2.22. The number of likely N-dealkylation sites (N-methyl/N-ethyl adjacent to an activating group) is 1. The van der Waals surface area contributed by atoms with Gasteiger partial charge in [0.15, 0.2) is 5.69 Å². The molecule has 4 aromatic rings. The molecule has 2 aromatic carbocycles. The van der Waals surface area contributed by atoms with Crippen LogP contribution in [0.4, 0.5) is 11.4 Å². The molecule has 7 nitrogen and oxygen atoms in total. The third-order valence-electron chi connectivity index (χ3n) is 6.21. The average Bonchev–Trinajstić information content (AvgIpc) is 3.49. The lowest BCUT2D eigenvalue weighted by Gasteiger charge is -2.32. The number of benzene rings is 2. The van der Waals surface area contributed by atoms with Crippen LogP contribution in [0.2, 0.25) is 0 Å². The van der Waals surface area contributed by atoms with Gasteiger partial charge in [-0.05, 0) is 42.3 Å². The second kappa shape index (κ2) is 9.67. The van der Waals surface area contributed by atoms with Gasteiger partial charge in [-0.1, -0.05) is 24.3 Å². The molecule has 0 bridgehead atoms. The molecule has 2 aromatic heterocycles. The van der Waals surface area contributed by atoms with Gasteiger partial charge in [0.1, 0.15) is 0 Å². The second-order valence-corrected chi connectivity index (χ2v) is 9.69. The molecular weight excluding hydrogens is 444 g/mol. The first-order chi connectivity index (χ1) is 16.6. The molecule has 5 rings (SSSR count). The van der Waals surface area contributed by atoms with E-state index in [0.29, 0.717) is 18.8 Å². The number of anilines is 1. The van der Waals surface area contributed by atoms with Crippen molar-refractivity contribution in [3.63, 3.8) is 0 Å². The Morgan fingerprint density at radius 2 is 1.91 bits per heavy atom. The third kappa shape index (κ3) is 4.81. The Kier molecular flexibility index (Phi) is 6.30. The maximum Gasteiger partial charge on any atom is 0.264 e. The molecule has 0 aliphatic carbocycles. The maximum atomic E-state index is 12.9. The number of aromatic nitrogens is 2. The van der Waals surface area contributed by atoms with Gasteiger partial charge < -0.3 is 19.7 Å². The number of imidazole rings is 1. The van der Waals surface area contributed by atoms with Crippen LogP contribution in [0.15, 0.2) is 61.1 Å². The minimum Gasteiger partial charge on any atom is -0.379 e. The van der Waals surface area contributed by atoms with Crippen molar-refractivity contribution in [2.75, 3.05) is 38.5 Å². The fourth-order valence-corrected chi connectivity index (χ4v) is 5.14. The summed E-state index contributed by atoms with van der Waals surface area (Å²) in [7, 11) is 2.09. The van der Waals surface area contributed by atoms with Gasteiger partial charge in [0.2, 0.25) is 0 Å². The number of hydrogen-bond acceptors (Lipinski definition) is 5. The van der Waals surface area contributed by atoms with Gasteiger partial charge in [0.25, 0.3) is 5.91 Å².